The smallest absolute Gasteiger partial charge is 0.254 e. The lowest BCUT2D eigenvalue weighted by Gasteiger charge is -2.36. The van der Waals surface area contributed by atoms with Crippen molar-refractivity contribution in [2.24, 2.45) is 7.05 Å². The van der Waals surface area contributed by atoms with Crippen molar-refractivity contribution < 1.29 is 9.53 Å². The molecule has 0 saturated carbocycles. The normalized spacial score (nSPS) is 17.7. The molecule has 1 atom stereocenters. The van der Waals surface area contributed by atoms with Crippen LogP contribution in [0.2, 0.25) is 0 Å². The number of hydrogen-bond donors (Lipinski definition) is 0. The molecular formula is C20H27N3O2. The monoisotopic (exact) mass is 341 g/mol. The Bertz CT molecular complexity index is 693. The molecule has 0 aliphatic carbocycles. The molecule has 0 N–H and O–H groups in total. The average Bonchev–Trinajstić information content (AvgIpc) is 3.08. The molecule has 0 unspecified atom stereocenters. The van der Waals surface area contributed by atoms with E-state index in [0.717, 1.165) is 55.5 Å². The predicted octanol–water partition coefficient (Wildman–Crippen LogP) is 3.51. The topological polar surface area (TPSA) is 47.4 Å². The maximum atomic E-state index is 13.0. The largest absolute Gasteiger partial charge is 0.385 e. The van der Waals surface area contributed by atoms with Gasteiger partial charge < -0.3 is 9.64 Å². The molecule has 5 nitrogen and oxygen atoms in total. The molecule has 134 valence electrons. The maximum Gasteiger partial charge on any atom is 0.254 e. The minimum Gasteiger partial charge on any atom is -0.385 e. The number of rotatable bonds is 6. The zero-order chi connectivity index (χ0) is 17.6. The number of carbonyl (C=O) groups excluding carboxylic acids is 1. The van der Waals surface area contributed by atoms with E-state index in [9.17, 15) is 4.79 Å². The first-order chi connectivity index (χ1) is 12.2. The van der Waals surface area contributed by atoms with E-state index in [0.29, 0.717) is 6.04 Å². The van der Waals surface area contributed by atoms with E-state index in [1.54, 1.807) is 11.8 Å². The Morgan fingerprint density at radius 2 is 2.04 bits per heavy atom. The van der Waals surface area contributed by atoms with E-state index < -0.39 is 0 Å². The summed E-state index contributed by atoms with van der Waals surface area (Å²) >= 11 is 0. The van der Waals surface area contributed by atoms with Crippen LogP contribution in [0.3, 0.4) is 0 Å². The van der Waals surface area contributed by atoms with Gasteiger partial charge in [-0.25, -0.2) is 0 Å². The van der Waals surface area contributed by atoms with Crippen LogP contribution in [0.25, 0.3) is 11.1 Å². The van der Waals surface area contributed by atoms with E-state index in [2.05, 4.69) is 10.00 Å². The highest BCUT2D eigenvalue weighted by molar-refractivity contribution is 5.95. The van der Waals surface area contributed by atoms with Gasteiger partial charge in [-0.1, -0.05) is 12.1 Å². The van der Waals surface area contributed by atoms with Crippen LogP contribution in [0.5, 0.6) is 0 Å². The molecule has 0 radical (unpaired) electrons. The molecule has 3 rings (SSSR count). The van der Waals surface area contributed by atoms with Crippen molar-refractivity contribution in [3.63, 3.8) is 0 Å². The van der Waals surface area contributed by atoms with Crippen LogP contribution in [-0.4, -0.2) is 46.9 Å². The minimum absolute atomic E-state index is 0.153. The summed E-state index contributed by atoms with van der Waals surface area (Å²) in [5, 5.41) is 4.20. The molecule has 1 amide bonds. The first-order valence-electron chi connectivity index (χ1n) is 9.08. The van der Waals surface area contributed by atoms with Crippen molar-refractivity contribution in [1.82, 2.24) is 14.7 Å². The maximum absolute atomic E-state index is 13.0. The van der Waals surface area contributed by atoms with Gasteiger partial charge >= 0.3 is 0 Å². The van der Waals surface area contributed by atoms with E-state index in [-0.39, 0.29) is 5.91 Å². The molecule has 5 heteroatoms. The highest BCUT2D eigenvalue weighted by atomic mass is 16.5. The zero-order valence-electron chi connectivity index (χ0n) is 15.1. The van der Waals surface area contributed by atoms with Gasteiger partial charge in [0, 0.05) is 50.7 Å². The molecule has 1 aliphatic heterocycles. The molecule has 1 fully saturated rings. The number of carbonyl (C=O) groups is 1. The van der Waals surface area contributed by atoms with Gasteiger partial charge in [0.25, 0.3) is 5.91 Å². The van der Waals surface area contributed by atoms with Crippen LogP contribution in [0, 0.1) is 0 Å². The fourth-order valence-corrected chi connectivity index (χ4v) is 3.57. The molecule has 1 aliphatic rings. The SMILES string of the molecule is COCCC[C@@H]1CCCCN1C(=O)c1ccc(-c2cnn(C)c2)cc1. The van der Waals surface area contributed by atoms with Crippen molar-refractivity contribution >= 4 is 5.91 Å². The van der Waals surface area contributed by atoms with Crippen LogP contribution in [0.15, 0.2) is 36.7 Å². The number of methoxy groups -OCH3 is 1. The molecular weight excluding hydrogens is 314 g/mol. The van der Waals surface area contributed by atoms with Crippen molar-refractivity contribution in [2.45, 2.75) is 38.1 Å². The summed E-state index contributed by atoms with van der Waals surface area (Å²) in [5.41, 5.74) is 2.92. The summed E-state index contributed by atoms with van der Waals surface area (Å²) in [5.74, 6) is 0.153. The van der Waals surface area contributed by atoms with Gasteiger partial charge in [-0.3, -0.25) is 9.48 Å². The number of ether oxygens (including phenoxy) is 1. The Kier molecular flexibility index (Phi) is 5.87. The van der Waals surface area contributed by atoms with Gasteiger partial charge in [-0.15, -0.1) is 0 Å². The predicted molar refractivity (Wildman–Crippen MR) is 98.4 cm³/mol. The van der Waals surface area contributed by atoms with Crippen LogP contribution in [0.1, 0.15) is 42.5 Å². The Morgan fingerprint density at radius 1 is 1.24 bits per heavy atom. The van der Waals surface area contributed by atoms with Gasteiger partial charge in [0.15, 0.2) is 0 Å². The van der Waals surface area contributed by atoms with E-state index in [1.165, 1.54) is 6.42 Å². The minimum atomic E-state index is 0.153. The van der Waals surface area contributed by atoms with Crippen LogP contribution in [0.4, 0.5) is 0 Å². The summed E-state index contributed by atoms with van der Waals surface area (Å²) in [6.45, 7) is 1.62. The number of benzene rings is 1. The van der Waals surface area contributed by atoms with Crippen molar-refractivity contribution in [3.05, 3.63) is 42.2 Å². The van der Waals surface area contributed by atoms with Crippen LogP contribution >= 0.6 is 0 Å². The van der Waals surface area contributed by atoms with Crippen LogP contribution < -0.4 is 0 Å². The third-order valence-corrected chi connectivity index (χ3v) is 4.94. The Morgan fingerprint density at radius 3 is 2.72 bits per heavy atom. The third kappa shape index (κ3) is 4.28. The molecule has 0 bridgehead atoms. The lowest BCUT2D eigenvalue weighted by Crippen LogP contribution is -2.43. The van der Waals surface area contributed by atoms with Crippen molar-refractivity contribution in [3.8, 4) is 11.1 Å². The number of hydrogen-bond acceptors (Lipinski definition) is 3. The van der Waals surface area contributed by atoms with E-state index >= 15 is 0 Å². The quantitative estimate of drug-likeness (QED) is 0.756. The van der Waals surface area contributed by atoms with Crippen molar-refractivity contribution in [1.29, 1.82) is 0 Å². The van der Waals surface area contributed by atoms with Crippen LogP contribution in [-0.2, 0) is 11.8 Å². The first-order valence-corrected chi connectivity index (χ1v) is 9.08. The van der Waals surface area contributed by atoms with E-state index in [1.807, 2.05) is 43.7 Å². The first kappa shape index (κ1) is 17.7. The molecule has 0 spiro atoms. The standard InChI is InChI=1S/C20H27N3O2/c1-22-15-18(14-21-22)16-8-10-17(11-9-16)20(24)23-12-4-3-6-19(23)7-5-13-25-2/h8-11,14-15,19H,3-7,12-13H2,1-2H3/t19-/m0/s1. The number of nitrogens with zero attached hydrogens (tertiary/aromatic N) is 3. The summed E-state index contributed by atoms with van der Waals surface area (Å²) in [6, 6.07) is 8.23. The number of piperidine rings is 1. The van der Waals surface area contributed by atoms with Gasteiger partial charge in [-0.2, -0.15) is 5.10 Å². The molecule has 2 aromatic rings. The second kappa shape index (κ2) is 8.30. The summed E-state index contributed by atoms with van der Waals surface area (Å²) < 4.78 is 6.94. The number of amides is 1. The highest BCUT2D eigenvalue weighted by Gasteiger charge is 2.27. The zero-order valence-corrected chi connectivity index (χ0v) is 15.1. The lowest BCUT2D eigenvalue weighted by molar-refractivity contribution is 0.0585. The second-order valence-corrected chi connectivity index (χ2v) is 6.76. The fourth-order valence-electron chi connectivity index (χ4n) is 3.57. The molecule has 1 aromatic carbocycles. The molecule has 1 aromatic heterocycles. The van der Waals surface area contributed by atoms with E-state index in [4.69, 9.17) is 4.74 Å². The Balaban J connectivity index is 1.70. The second-order valence-electron chi connectivity index (χ2n) is 6.76. The third-order valence-electron chi connectivity index (χ3n) is 4.94. The van der Waals surface area contributed by atoms with Gasteiger partial charge in [0.2, 0.25) is 0 Å². The number of aromatic nitrogens is 2. The van der Waals surface area contributed by atoms with Gasteiger partial charge in [0.05, 0.1) is 6.20 Å². The summed E-state index contributed by atoms with van der Waals surface area (Å²) in [7, 11) is 3.63. The average molecular weight is 341 g/mol. The van der Waals surface area contributed by atoms with Gasteiger partial charge in [0.1, 0.15) is 0 Å². The summed E-state index contributed by atoms with van der Waals surface area (Å²) in [4.78, 5) is 15.0. The lowest BCUT2D eigenvalue weighted by atomic mass is 9.96. The fraction of sp³-hybridized carbons (Fsp3) is 0.500. The molecule has 2 heterocycles. The molecule has 25 heavy (non-hydrogen) atoms. The molecule has 1 saturated heterocycles. The van der Waals surface area contributed by atoms with Gasteiger partial charge in [-0.05, 0) is 49.8 Å². The summed E-state index contributed by atoms with van der Waals surface area (Å²) in [6.07, 6.45) is 9.25. The Labute approximate surface area is 149 Å². The number of aryl methyl sites for hydroxylation is 1. The highest BCUT2D eigenvalue weighted by Crippen LogP contribution is 2.24. The van der Waals surface area contributed by atoms with Crippen molar-refractivity contribution in [2.75, 3.05) is 20.3 Å². The number of likely N-dealkylation sites (tertiary alicyclic amines) is 1. The Hall–Kier alpha value is -2.14.